The highest BCUT2D eigenvalue weighted by Gasteiger charge is 2.24. The number of nitrogens with zero attached hydrogens (tertiary/aromatic N) is 1. The molecule has 4 rings (SSSR count). The monoisotopic (exact) mass is 368 g/mol. The quantitative estimate of drug-likeness (QED) is 0.723. The molecule has 3 N–H and O–H groups in total. The van der Waals surface area contributed by atoms with Gasteiger partial charge in [0.05, 0.1) is 12.7 Å². The number of rotatable bonds is 4. The number of aliphatic carboxylic acids is 1. The summed E-state index contributed by atoms with van der Waals surface area (Å²) in [4.78, 5) is 13.5. The van der Waals surface area contributed by atoms with Crippen LogP contribution in [0.3, 0.4) is 0 Å². The third-order valence-electron chi connectivity index (χ3n) is 4.46. The van der Waals surface area contributed by atoms with E-state index in [0.29, 0.717) is 12.5 Å². The molecule has 2 atom stereocenters. The number of carboxylic acid groups (broad SMARTS) is 1. The first-order valence-electron chi connectivity index (χ1n) is 9.04. The Kier molecular flexibility index (Phi) is 6.21. The van der Waals surface area contributed by atoms with Gasteiger partial charge in [0, 0.05) is 18.5 Å². The zero-order valence-corrected chi connectivity index (χ0v) is 15.3. The van der Waals surface area contributed by atoms with E-state index in [1.165, 1.54) is 6.42 Å². The largest absolute Gasteiger partial charge is 0.481 e. The summed E-state index contributed by atoms with van der Waals surface area (Å²) in [5.74, 6) is -0.184. The number of ether oxygens (including phenoxy) is 1. The summed E-state index contributed by atoms with van der Waals surface area (Å²) in [5, 5.41) is 7.42. The third-order valence-corrected chi connectivity index (χ3v) is 4.46. The fraction of sp³-hybridized carbons (Fsp3) is 0.333. The summed E-state index contributed by atoms with van der Waals surface area (Å²) in [6.07, 6.45) is 3.51. The van der Waals surface area contributed by atoms with Crippen LogP contribution in [0.5, 0.6) is 0 Å². The number of hydrogen-bond acceptors (Lipinski definition) is 5. The van der Waals surface area contributed by atoms with Gasteiger partial charge >= 0.3 is 0 Å². The van der Waals surface area contributed by atoms with E-state index in [1.807, 2.05) is 36.4 Å². The Hall–Kier alpha value is -2.70. The van der Waals surface area contributed by atoms with Crippen molar-refractivity contribution < 1.29 is 19.1 Å². The molecule has 6 heteroatoms. The molecule has 0 bridgehead atoms. The first-order chi connectivity index (χ1) is 13.0. The van der Waals surface area contributed by atoms with Gasteiger partial charge in [-0.1, -0.05) is 24.3 Å². The maximum absolute atomic E-state index is 9.00. The molecule has 6 nitrogen and oxygen atoms in total. The van der Waals surface area contributed by atoms with Gasteiger partial charge in [0.2, 0.25) is 5.89 Å². The molecule has 0 aliphatic heterocycles. The van der Waals surface area contributed by atoms with Crippen LogP contribution in [0.15, 0.2) is 52.9 Å². The second kappa shape index (κ2) is 8.79. The van der Waals surface area contributed by atoms with Crippen LogP contribution in [0.2, 0.25) is 0 Å². The number of hydrogen-bond donors (Lipinski definition) is 2. The van der Waals surface area contributed by atoms with Crippen molar-refractivity contribution in [1.29, 1.82) is 0 Å². The Bertz CT molecular complexity index is 852. The zero-order valence-electron chi connectivity index (χ0n) is 15.3. The van der Waals surface area contributed by atoms with Crippen molar-refractivity contribution >= 4 is 17.1 Å². The molecule has 1 heterocycles. The first-order valence-corrected chi connectivity index (χ1v) is 9.04. The molecule has 0 unspecified atom stereocenters. The number of fused-ring (bicyclic) bond motifs is 1. The van der Waals surface area contributed by atoms with Crippen LogP contribution < -0.4 is 5.73 Å². The SMILES string of the molecule is CC(=O)O.N[C@@H]1CCC[C@H]1OCc1ccc(-c2nc3ccccc3o2)cc1. The molecule has 3 aromatic rings. The lowest BCUT2D eigenvalue weighted by Crippen LogP contribution is -2.31. The minimum Gasteiger partial charge on any atom is -0.481 e. The van der Waals surface area contributed by atoms with E-state index in [0.717, 1.165) is 42.0 Å². The molecule has 2 aromatic carbocycles. The van der Waals surface area contributed by atoms with Gasteiger partial charge in [0.25, 0.3) is 5.97 Å². The Labute approximate surface area is 158 Å². The predicted molar refractivity (Wildman–Crippen MR) is 103 cm³/mol. The van der Waals surface area contributed by atoms with E-state index >= 15 is 0 Å². The lowest BCUT2D eigenvalue weighted by Gasteiger charge is -2.16. The number of para-hydroxylation sites is 2. The number of nitrogens with two attached hydrogens (primary N) is 1. The number of oxazole rings is 1. The van der Waals surface area contributed by atoms with Crippen molar-refractivity contribution in [2.75, 3.05) is 0 Å². The minimum atomic E-state index is -0.833. The van der Waals surface area contributed by atoms with E-state index in [9.17, 15) is 0 Å². The molecule has 1 fully saturated rings. The van der Waals surface area contributed by atoms with Crippen LogP contribution in [0.1, 0.15) is 31.7 Å². The lowest BCUT2D eigenvalue weighted by molar-refractivity contribution is -0.134. The maximum atomic E-state index is 9.00. The highest BCUT2D eigenvalue weighted by Crippen LogP contribution is 2.25. The van der Waals surface area contributed by atoms with Crippen LogP contribution in [0.25, 0.3) is 22.6 Å². The summed E-state index contributed by atoms with van der Waals surface area (Å²) in [5.41, 5.74) is 9.84. The maximum Gasteiger partial charge on any atom is 0.300 e. The van der Waals surface area contributed by atoms with E-state index in [1.54, 1.807) is 0 Å². The molecule has 27 heavy (non-hydrogen) atoms. The Balaban J connectivity index is 0.000000481. The fourth-order valence-electron chi connectivity index (χ4n) is 3.10. The average molecular weight is 368 g/mol. The van der Waals surface area contributed by atoms with Gasteiger partial charge < -0.3 is 20.0 Å². The molecule has 0 saturated heterocycles. The number of carbonyl (C=O) groups is 1. The Morgan fingerprint density at radius 3 is 2.56 bits per heavy atom. The van der Waals surface area contributed by atoms with Gasteiger partial charge in [-0.2, -0.15) is 0 Å². The van der Waals surface area contributed by atoms with Crippen LogP contribution in [0, 0.1) is 0 Å². The predicted octanol–water partition coefficient (Wildman–Crippen LogP) is 3.98. The molecule has 1 aromatic heterocycles. The summed E-state index contributed by atoms with van der Waals surface area (Å²) < 4.78 is 11.7. The van der Waals surface area contributed by atoms with Crippen molar-refractivity contribution in [3.63, 3.8) is 0 Å². The van der Waals surface area contributed by atoms with E-state index < -0.39 is 5.97 Å². The van der Waals surface area contributed by atoms with Gasteiger partial charge in [-0.05, 0) is 49.1 Å². The first kappa shape index (κ1) is 19.1. The summed E-state index contributed by atoms with van der Waals surface area (Å²) >= 11 is 0. The molecular formula is C21H24N2O4. The zero-order chi connectivity index (χ0) is 19.2. The second-order valence-electron chi connectivity index (χ2n) is 6.65. The number of carboxylic acids is 1. The smallest absolute Gasteiger partial charge is 0.300 e. The van der Waals surface area contributed by atoms with Gasteiger partial charge in [-0.15, -0.1) is 0 Å². The molecule has 0 spiro atoms. The van der Waals surface area contributed by atoms with Gasteiger partial charge in [-0.25, -0.2) is 4.98 Å². The van der Waals surface area contributed by atoms with Gasteiger partial charge in [0.1, 0.15) is 5.52 Å². The highest BCUT2D eigenvalue weighted by molar-refractivity contribution is 5.75. The van der Waals surface area contributed by atoms with Crippen LogP contribution in [-0.2, 0) is 16.1 Å². The molecule has 0 amide bonds. The van der Waals surface area contributed by atoms with Gasteiger partial charge in [0.15, 0.2) is 5.58 Å². The number of aromatic nitrogens is 1. The highest BCUT2D eigenvalue weighted by atomic mass is 16.5. The van der Waals surface area contributed by atoms with E-state index in [2.05, 4.69) is 17.1 Å². The molecule has 142 valence electrons. The fourth-order valence-corrected chi connectivity index (χ4v) is 3.10. The lowest BCUT2D eigenvalue weighted by atomic mass is 10.1. The van der Waals surface area contributed by atoms with Crippen molar-refractivity contribution in [2.24, 2.45) is 5.73 Å². The van der Waals surface area contributed by atoms with Crippen molar-refractivity contribution in [1.82, 2.24) is 4.98 Å². The second-order valence-corrected chi connectivity index (χ2v) is 6.65. The van der Waals surface area contributed by atoms with E-state index in [-0.39, 0.29) is 12.1 Å². The van der Waals surface area contributed by atoms with Crippen molar-refractivity contribution in [3.8, 4) is 11.5 Å². The van der Waals surface area contributed by atoms with Gasteiger partial charge in [-0.3, -0.25) is 4.79 Å². The number of benzene rings is 2. The van der Waals surface area contributed by atoms with E-state index in [4.69, 9.17) is 24.8 Å². The normalized spacial score (nSPS) is 18.9. The topological polar surface area (TPSA) is 98.6 Å². The molecule has 0 radical (unpaired) electrons. The summed E-state index contributed by atoms with van der Waals surface area (Å²) in [6.45, 7) is 1.69. The molecule has 1 aliphatic rings. The summed E-state index contributed by atoms with van der Waals surface area (Å²) in [7, 11) is 0. The standard InChI is InChI=1S/C19H20N2O2.C2H4O2/c20-15-4-3-7-17(15)22-12-13-8-10-14(11-9-13)19-21-16-5-1-2-6-18(16)23-19;1-2(3)4/h1-2,5-6,8-11,15,17H,3-4,7,12,20H2;1H3,(H,3,4)/t15-,17-;/m1./s1. The Morgan fingerprint density at radius 1 is 1.22 bits per heavy atom. The van der Waals surface area contributed by atoms with Crippen molar-refractivity contribution in [3.05, 3.63) is 54.1 Å². The Morgan fingerprint density at radius 2 is 1.93 bits per heavy atom. The molecular weight excluding hydrogens is 344 g/mol. The molecule has 1 aliphatic carbocycles. The van der Waals surface area contributed by atoms with Crippen LogP contribution in [0.4, 0.5) is 0 Å². The van der Waals surface area contributed by atoms with Crippen molar-refractivity contribution in [2.45, 2.75) is 44.9 Å². The van der Waals surface area contributed by atoms with Crippen LogP contribution >= 0.6 is 0 Å². The third kappa shape index (κ3) is 5.15. The molecule has 1 saturated carbocycles. The average Bonchev–Trinajstić information content (AvgIpc) is 3.26. The minimum absolute atomic E-state index is 0.189. The van der Waals surface area contributed by atoms with Crippen LogP contribution in [-0.4, -0.2) is 28.2 Å². The summed E-state index contributed by atoms with van der Waals surface area (Å²) in [6, 6.07) is 16.2.